The minimum Gasteiger partial charge on any atom is -0.448 e. The van der Waals surface area contributed by atoms with Crippen molar-refractivity contribution in [2.24, 2.45) is 0 Å². The summed E-state index contributed by atoms with van der Waals surface area (Å²) in [6.45, 7) is 0. The molecule has 0 aliphatic carbocycles. The third kappa shape index (κ3) is 2.68. The second-order valence-corrected chi connectivity index (χ2v) is 5.10. The Kier molecular flexibility index (Phi) is 3.49. The molecule has 7 heteroatoms. The van der Waals surface area contributed by atoms with Gasteiger partial charge in [-0.05, 0) is 34.1 Å². The SMILES string of the molecule is O=[N+]([O-])c1cnc2ccccc2c1Oc1cncc(Br)c1. The van der Waals surface area contributed by atoms with Crippen molar-refractivity contribution >= 4 is 32.5 Å². The number of fused-ring (bicyclic) bond motifs is 1. The monoisotopic (exact) mass is 345 g/mol. The van der Waals surface area contributed by atoms with E-state index >= 15 is 0 Å². The first-order chi connectivity index (χ1) is 10.1. The number of hydrogen-bond acceptors (Lipinski definition) is 5. The summed E-state index contributed by atoms with van der Waals surface area (Å²) in [5, 5.41) is 11.8. The number of pyridine rings is 2. The average molecular weight is 346 g/mol. The van der Waals surface area contributed by atoms with Gasteiger partial charge in [0.15, 0.2) is 0 Å². The van der Waals surface area contributed by atoms with Crippen molar-refractivity contribution in [3.05, 3.63) is 63.5 Å². The lowest BCUT2D eigenvalue weighted by atomic mass is 10.2. The molecule has 0 saturated carbocycles. The predicted molar refractivity (Wildman–Crippen MR) is 80.4 cm³/mol. The van der Waals surface area contributed by atoms with Crippen LogP contribution in [0.3, 0.4) is 0 Å². The number of nitrogens with zero attached hydrogens (tertiary/aromatic N) is 3. The van der Waals surface area contributed by atoms with Gasteiger partial charge in [0.05, 0.1) is 22.0 Å². The molecule has 104 valence electrons. The quantitative estimate of drug-likeness (QED) is 0.527. The Morgan fingerprint density at radius 3 is 2.76 bits per heavy atom. The molecule has 0 bridgehead atoms. The number of nitro groups is 1. The van der Waals surface area contributed by atoms with Crippen molar-refractivity contribution in [1.29, 1.82) is 0 Å². The third-order valence-electron chi connectivity index (χ3n) is 2.80. The highest BCUT2D eigenvalue weighted by Crippen LogP contribution is 2.37. The largest absolute Gasteiger partial charge is 0.448 e. The summed E-state index contributed by atoms with van der Waals surface area (Å²) in [7, 11) is 0. The minimum atomic E-state index is -0.514. The van der Waals surface area contributed by atoms with Crippen molar-refractivity contribution in [2.75, 3.05) is 0 Å². The predicted octanol–water partition coefficient (Wildman–Crippen LogP) is 4.09. The van der Waals surface area contributed by atoms with E-state index in [1.54, 1.807) is 30.5 Å². The summed E-state index contributed by atoms with van der Waals surface area (Å²) in [6, 6.07) is 8.78. The molecule has 0 amide bonds. The molecule has 0 atom stereocenters. The topological polar surface area (TPSA) is 78.2 Å². The molecule has 0 aliphatic heterocycles. The number of rotatable bonds is 3. The molecule has 0 aliphatic rings. The maximum Gasteiger partial charge on any atom is 0.330 e. The van der Waals surface area contributed by atoms with E-state index in [1.807, 2.05) is 6.07 Å². The third-order valence-corrected chi connectivity index (χ3v) is 3.24. The summed E-state index contributed by atoms with van der Waals surface area (Å²) in [5.74, 6) is 0.564. The second-order valence-electron chi connectivity index (χ2n) is 4.19. The maximum absolute atomic E-state index is 11.2. The zero-order valence-electron chi connectivity index (χ0n) is 10.6. The molecule has 6 nitrogen and oxygen atoms in total. The van der Waals surface area contributed by atoms with E-state index in [0.29, 0.717) is 16.7 Å². The first kappa shape index (κ1) is 13.4. The molecule has 3 rings (SSSR count). The first-order valence-electron chi connectivity index (χ1n) is 5.95. The lowest BCUT2D eigenvalue weighted by molar-refractivity contribution is -0.385. The Balaban J connectivity index is 2.18. The van der Waals surface area contributed by atoms with Crippen LogP contribution >= 0.6 is 15.9 Å². The summed E-state index contributed by atoms with van der Waals surface area (Å²) in [6.07, 6.45) is 4.29. The lowest BCUT2D eigenvalue weighted by Gasteiger charge is -2.09. The van der Waals surface area contributed by atoms with E-state index in [2.05, 4.69) is 25.9 Å². The Morgan fingerprint density at radius 2 is 2.00 bits per heavy atom. The van der Waals surface area contributed by atoms with E-state index in [-0.39, 0.29) is 11.4 Å². The Bertz CT molecular complexity index is 839. The molecule has 0 radical (unpaired) electrons. The van der Waals surface area contributed by atoms with E-state index in [0.717, 1.165) is 4.47 Å². The standard InChI is InChI=1S/C14H8BrN3O3/c15-9-5-10(7-16-6-9)21-14-11-3-1-2-4-12(11)17-8-13(14)18(19)20/h1-8H. The van der Waals surface area contributed by atoms with Gasteiger partial charge >= 0.3 is 5.69 Å². The molecular weight excluding hydrogens is 338 g/mol. The van der Waals surface area contributed by atoms with Gasteiger partial charge in [-0.3, -0.25) is 15.1 Å². The molecule has 0 fully saturated rings. The van der Waals surface area contributed by atoms with Crippen LogP contribution in [0, 0.1) is 10.1 Å². The van der Waals surface area contributed by atoms with Crippen LogP contribution in [0.4, 0.5) is 5.69 Å². The average Bonchev–Trinajstić information content (AvgIpc) is 2.47. The van der Waals surface area contributed by atoms with Gasteiger partial charge in [-0.25, -0.2) is 4.98 Å². The molecule has 2 aromatic heterocycles. The van der Waals surface area contributed by atoms with Crippen LogP contribution in [0.5, 0.6) is 11.5 Å². The zero-order valence-corrected chi connectivity index (χ0v) is 12.1. The molecule has 0 saturated heterocycles. The van der Waals surface area contributed by atoms with Crippen LogP contribution in [0.15, 0.2) is 53.4 Å². The maximum atomic E-state index is 11.2. The van der Waals surface area contributed by atoms with Crippen molar-refractivity contribution in [2.45, 2.75) is 0 Å². The summed E-state index contributed by atoms with van der Waals surface area (Å²) >= 11 is 3.28. The smallest absolute Gasteiger partial charge is 0.330 e. The van der Waals surface area contributed by atoms with Gasteiger partial charge in [-0.1, -0.05) is 12.1 Å². The lowest BCUT2D eigenvalue weighted by Crippen LogP contribution is -1.96. The van der Waals surface area contributed by atoms with Crippen molar-refractivity contribution in [3.8, 4) is 11.5 Å². The molecule has 0 N–H and O–H groups in total. The van der Waals surface area contributed by atoms with E-state index in [4.69, 9.17) is 4.74 Å². The fraction of sp³-hybridized carbons (Fsp3) is 0. The fourth-order valence-electron chi connectivity index (χ4n) is 1.91. The van der Waals surface area contributed by atoms with Crippen molar-refractivity contribution in [1.82, 2.24) is 9.97 Å². The van der Waals surface area contributed by atoms with Crippen LogP contribution in [-0.2, 0) is 0 Å². The van der Waals surface area contributed by atoms with E-state index < -0.39 is 4.92 Å². The molecule has 2 heterocycles. The minimum absolute atomic E-state index is 0.158. The highest BCUT2D eigenvalue weighted by atomic mass is 79.9. The number of ether oxygens (including phenoxy) is 1. The van der Waals surface area contributed by atoms with Crippen LogP contribution in [0.25, 0.3) is 10.9 Å². The Morgan fingerprint density at radius 1 is 1.19 bits per heavy atom. The van der Waals surface area contributed by atoms with Gasteiger partial charge in [-0.15, -0.1) is 0 Å². The molecule has 1 aromatic carbocycles. The highest BCUT2D eigenvalue weighted by molar-refractivity contribution is 9.10. The number of para-hydroxylation sites is 1. The summed E-state index contributed by atoms with van der Waals surface area (Å²) in [5.41, 5.74) is 0.440. The number of hydrogen-bond donors (Lipinski definition) is 0. The van der Waals surface area contributed by atoms with Crippen molar-refractivity contribution < 1.29 is 9.66 Å². The molecule has 0 unspecified atom stereocenters. The van der Waals surface area contributed by atoms with Gasteiger partial charge in [0.25, 0.3) is 0 Å². The van der Waals surface area contributed by atoms with Crippen molar-refractivity contribution in [3.63, 3.8) is 0 Å². The van der Waals surface area contributed by atoms with Crippen LogP contribution in [0.2, 0.25) is 0 Å². The molecule has 3 aromatic rings. The molecule has 21 heavy (non-hydrogen) atoms. The number of aromatic nitrogens is 2. The zero-order chi connectivity index (χ0) is 14.8. The van der Waals surface area contributed by atoms with Crippen LogP contribution in [-0.4, -0.2) is 14.9 Å². The number of benzene rings is 1. The first-order valence-corrected chi connectivity index (χ1v) is 6.75. The summed E-state index contributed by atoms with van der Waals surface area (Å²) in [4.78, 5) is 18.7. The van der Waals surface area contributed by atoms with Gasteiger partial charge in [0.1, 0.15) is 11.9 Å². The van der Waals surface area contributed by atoms with E-state index in [1.165, 1.54) is 12.4 Å². The summed E-state index contributed by atoms with van der Waals surface area (Å²) < 4.78 is 6.41. The number of halogens is 1. The fourth-order valence-corrected chi connectivity index (χ4v) is 2.25. The molecule has 0 spiro atoms. The molecular formula is C14H8BrN3O3. The van der Waals surface area contributed by atoms with Crippen LogP contribution < -0.4 is 4.74 Å². The van der Waals surface area contributed by atoms with Gasteiger partial charge < -0.3 is 4.74 Å². The van der Waals surface area contributed by atoms with Gasteiger partial charge in [0, 0.05) is 10.7 Å². The van der Waals surface area contributed by atoms with Crippen LogP contribution in [0.1, 0.15) is 0 Å². The highest BCUT2D eigenvalue weighted by Gasteiger charge is 2.20. The normalized spacial score (nSPS) is 10.5. The Labute approximate surface area is 127 Å². The van der Waals surface area contributed by atoms with Gasteiger partial charge in [-0.2, -0.15) is 0 Å². The second kappa shape index (κ2) is 5.45. The van der Waals surface area contributed by atoms with E-state index in [9.17, 15) is 10.1 Å². The Hall–Kier alpha value is -2.54. The van der Waals surface area contributed by atoms with Gasteiger partial charge in [0.2, 0.25) is 5.75 Å².